The number of nitrogens with zero attached hydrogens (tertiary/aromatic N) is 2. The molecule has 5 rings (SSSR count). The Balaban J connectivity index is 1.59. The van der Waals surface area contributed by atoms with Crippen molar-refractivity contribution < 1.29 is 22.7 Å². The molecule has 178 valence electrons. The van der Waals surface area contributed by atoms with Crippen LogP contribution in [0.25, 0.3) is 22.3 Å². The molecule has 1 aliphatic heterocycles. The molecule has 1 N–H and O–H groups in total. The van der Waals surface area contributed by atoms with Gasteiger partial charge in [0.15, 0.2) is 0 Å². The van der Waals surface area contributed by atoms with Gasteiger partial charge in [-0.2, -0.15) is 18.3 Å². The molecule has 1 atom stereocenters. The van der Waals surface area contributed by atoms with Crippen molar-refractivity contribution in [2.75, 3.05) is 7.11 Å². The van der Waals surface area contributed by atoms with E-state index in [-0.39, 0.29) is 11.9 Å². The van der Waals surface area contributed by atoms with Crippen LogP contribution < -0.4 is 4.74 Å². The first-order chi connectivity index (χ1) is 16.8. The van der Waals surface area contributed by atoms with Crippen LogP contribution >= 0.6 is 0 Å². The summed E-state index contributed by atoms with van der Waals surface area (Å²) < 4.78 is 44.7. The molecule has 1 aromatic heterocycles. The number of alkyl halides is 3. The Labute approximate surface area is 200 Å². The predicted octanol–water partition coefficient (Wildman–Crippen LogP) is 6.49. The summed E-state index contributed by atoms with van der Waals surface area (Å²) in [5, 5.41) is 6.76. The second-order valence-corrected chi connectivity index (χ2v) is 8.50. The Morgan fingerprint density at radius 1 is 1.00 bits per heavy atom. The highest BCUT2D eigenvalue weighted by atomic mass is 19.4. The molecule has 2 heterocycles. The normalized spacial score (nSPS) is 14.2. The van der Waals surface area contributed by atoms with Crippen LogP contribution in [0.3, 0.4) is 0 Å². The van der Waals surface area contributed by atoms with Gasteiger partial charge in [-0.3, -0.25) is 9.89 Å². The van der Waals surface area contributed by atoms with E-state index in [1.807, 2.05) is 43.3 Å². The number of ether oxygens (including phenoxy) is 1. The van der Waals surface area contributed by atoms with E-state index in [4.69, 9.17) is 4.74 Å². The number of carbonyl (C=O) groups is 1. The molecular weight excluding hydrogens is 455 g/mol. The molecule has 3 aromatic carbocycles. The molecule has 5 nitrogen and oxygen atoms in total. The number of halogens is 3. The van der Waals surface area contributed by atoms with E-state index in [2.05, 4.69) is 10.2 Å². The minimum Gasteiger partial charge on any atom is -0.497 e. The summed E-state index contributed by atoms with van der Waals surface area (Å²) in [4.78, 5) is 15.3. The summed E-state index contributed by atoms with van der Waals surface area (Å²) in [7, 11) is 1.59. The quantitative estimate of drug-likeness (QED) is 0.358. The highest BCUT2D eigenvalue weighted by Crippen LogP contribution is 2.41. The third-order valence-corrected chi connectivity index (χ3v) is 6.47. The topological polar surface area (TPSA) is 58.2 Å². The number of nitrogens with one attached hydrogen (secondary N) is 1. The standard InChI is InChI=1S/C27H22F3N3O2/c1-16(18-4-3-5-22(10-18)35-2)33-15-25-23(17-6-8-21(9-7-17)27(28,29)30)11-19(12-24(25)26(33)34)20-13-31-32-14-20/h3-14,16H,15H2,1-2H3,(H,31,32)/t16-/m1/s1. The van der Waals surface area contributed by atoms with Crippen LogP contribution in [0.1, 0.15) is 40.0 Å². The van der Waals surface area contributed by atoms with E-state index in [9.17, 15) is 18.0 Å². The smallest absolute Gasteiger partial charge is 0.416 e. The molecular formula is C27H22F3N3O2. The lowest BCUT2D eigenvalue weighted by Gasteiger charge is -2.25. The van der Waals surface area contributed by atoms with Crippen LogP contribution in [-0.4, -0.2) is 28.1 Å². The molecule has 0 bridgehead atoms. The lowest BCUT2D eigenvalue weighted by molar-refractivity contribution is -0.137. The van der Waals surface area contributed by atoms with Crippen molar-refractivity contribution in [1.29, 1.82) is 0 Å². The van der Waals surface area contributed by atoms with Gasteiger partial charge in [0.2, 0.25) is 0 Å². The highest BCUT2D eigenvalue weighted by Gasteiger charge is 2.35. The van der Waals surface area contributed by atoms with Crippen LogP contribution in [0.5, 0.6) is 5.75 Å². The molecule has 0 spiro atoms. The first-order valence-corrected chi connectivity index (χ1v) is 11.0. The molecule has 0 aliphatic carbocycles. The van der Waals surface area contributed by atoms with Crippen LogP contribution in [0.2, 0.25) is 0 Å². The molecule has 8 heteroatoms. The van der Waals surface area contributed by atoms with E-state index in [0.29, 0.717) is 23.4 Å². The average molecular weight is 477 g/mol. The van der Waals surface area contributed by atoms with Gasteiger partial charge < -0.3 is 9.64 Å². The summed E-state index contributed by atoms with van der Waals surface area (Å²) in [6.45, 7) is 2.29. The number of amides is 1. The number of aromatic nitrogens is 2. The van der Waals surface area contributed by atoms with E-state index in [0.717, 1.165) is 39.9 Å². The van der Waals surface area contributed by atoms with E-state index >= 15 is 0 Å². The van der Waals surface area contributed by atoms with Gasteiger partial charge >= 0.3 is 6.18 Å². The van der Waals surface area contributed by atoms with Crippen molar-refractivity contribution >= 4 is 5.91 Å². The Hall–Kier alpha value is -4.07. The zero-order valence-electron chi connectivity index (χ0n) is 19.1. The number of aromatic amines is 1. The lowest BCUT2D eigenvalue weighted by Crippen LogP contribution is -2.27. The second-order valence-electron chi connectivity index (χ2n) is 8.50. The van der Waals surface area contributed by atoms with Gasteiger partial charge in [0, 0.05) is 23.9 Å². The summed E-state index contributed by atoms with van der Waals surface area (Å²) >= 11 is 0. The number of hydrogen-bond donors (Lipinski definition) is 1. The lowest BCUT2D eigenvalue weighted by atomic mass is 9.92. The van der Waals surface area contributed by atoms with Crippen LogP contribution in [-0.2, 0) is 12.7 Å². The fraction of sp³-hybridized carbons (Fsp3) is 0.185. The molecule has 0 saturated carbocycles. The molecule has 1 aliphatic rings. The highest BCUT2D eigenvalue weighted by molar-refractivity contribution is 6.02. The minimum atomic E-state index is -4.42. The first kappa shape index (κ1) is 22.7. The molecule has 0 fully saturated rings. The largest absolute Gasteiger partial charge is 0.497 e. The van der Waals surface area contributed by atoms with Gasteiger partial charge in [0.25, 0.3) is 5.91 Å². The maximum Gasteiger partial charge on any atom is 0.416 e. The maximum atomic E-state index is 13.6. The number of carbonyl (C=O) groups excluding carboxylic acids is 1. The molecule has 0 unspecified atom stereocenters. The third kappa shape index (κ3) is 4.16. The summed E-state index contributed by atoms with van der Waals surface area (Å²) in [5.74, 6) is 0.569. The zero-order chi connectivity index (χ0) is 24.7. The number of hydrogen-bond acceptors (Lipinski definition) is 3. The van der Waals surface area contributed by atoms with Crippen molar-refractivity contribution in [1.82, 2.24) is 15.1 Å². The van der Waals surface area contributed by atoms with E-state index < -0.39 is 11.7 Å². The minimum absolute atomic E-state index is 0.131. The Morgan fingerprint density at radius 3 is 2.40 bits per heavy atom. The SMILES string of the molecule is COc1cccc([C@@H](C)N2Cc3c(cc(-c4cn[nH]c4)cc3-c3ccc(C(F)(F)F)cc3)C2=O)c1. The molecule has 4 aromatic rings. The summed E-state index contributed by atoms with van der Waals surface area (Å²) in [6.07, 6.45) is -1.05. The Morgan fingerprint density at radius 2 is 1.74 bits per heavy atom. The fourth-order valence-electron chi connectivity index (χ4n) is 4.50. The fourth-order valence-corrected chi connectivity index (χ4v) is 4.50. The number of methoxy groups -OCH3 is 1. The van der Waals surface area contributed by atoms with Gasteiger partial charge in [-0.25, -0.2) is 0 Å². The number of fused-ring (bicyclic) bond motifs is 1. The maximum absolute atomic E-state index is 13.6. The van der Waals surface area contributed by atoms with Gasteiger partial charge in [-0.15, -0.1) is 0 Å². The predicted molar refractivity (Wildman–Crippen MR) is 126 cm³/mol. The summed E-state index contributed by atoms with van der Waals surface area (Å²) in [6, 6.07) is 16.1. The van der Waals surface area contributed by atoms with Crippen molar-refractivity contribution in [3.05, 3.63) is 95.3 Å². The first-order valence-electron chi connectivity index (χ1n) is 11.0. The molecule has 0 radical (unpaired) electrons. The van der Waals surface area contributed by atoms with Crippen molar-refractivity contribution in [2.45, 2.75) is 25.7 Å². The van der Waals surface area contributed by atoms with Gasteiger partial charge in [-0.1, -0.05) is 24.3 Å². The van der Waals surface area contributed by atoms with Crippen molar-refractivity contribution in [2.24, 2.45) is 0 Å². The van der Waals surface area contributed by atoms with Crippen molar-refractivity contribution in [3.8, 4) is 28.0 Å². The molecule has 35 heavy (non-hydrogen) atoms. The summed E-state index contributed by atoms with van der Waals surface area (Å²) in [5.41, 5.74) is 4.42. The molecule has 1 amide bonds. The average Bonchev–Trinajstić information content (AvgIpc) is 3.51. The van der Waals surface area contributed by atoms with Gasteiger partial charge in [0.1, 0.15) is 5.75 Å². The van der Waals surface area contributed by atoms with E-state index in [1.165, 1.54) is 12.1 Å². The van der Waals surface area contributed by atoms with Crippen LogP contribution in [0, 0.1) is 0 Å². The second kappa shape index (κ2) is 8.61. The van der Waals surface area contributed by atoms with Gasteiger partial charge in [0.05, 0.1) is 24.9 Å². The number of H-pyrrole nitrogens is 1. The van der Waals surface area contributed by atoms with E-state index in [1.54, 1.807) is 24.4 Å². The molecule has 0 saturated heterocycles. The Bertz CT molecular complexity index is 1380. The van der Waals surface area contributed by atoms with Crippen LogP contribution in [0.4, 0.5) is 13.2 Å². The van der Waals surface area contributed by atoms with Gasteiger partial charge in [-0.05, 0) is 71.1 Å². The zero-order valence-corrected chi connectivity index (χ0v) is 19.1. The Kier molecular flexibility index (Phi) is 5.59. The number of rotatable bonds is 5. The van der Waals surface area contributed by atoms with Crippen molar-refractivity contribution in [3.63, 3.8) is 0 Å². The monoisotopic (exact) mass is 477 g/mol. The third-order valence-electron chi connectivity index (χ3n) is 6.47. The number of benzene rings is 3. The van der Waals surface area contributed by atoms with Crippen LogP contribution in [0.15, 0.2) is 73.1 Å².